The number of halogens is 1. The van der Waals surface area contributed by atoms with Gasteiger partial charge in [0.1, 0.15) is 5.82 Å². The average Bonchev–Trinajstić information content (AvgIpc) is 2.99. The largest absolute Gasteiger partial charge is 0.351 e. The first-order chi connectivity index (χ1) is 12.5. The third-order valence-corrected chi connectivity index (χ3v) is 4.86. The summed E-state index contributed by atoms with van der Waals surface area (Å²) in [4.78, 5) is 26.3. The maximum absolute atomic E-state index is 13.4. The Balaban J connectivity index is 1.94. The van der Waals surface area contributed by atoms with E-state index in [-0.39, 0.29) is 11.9 Å². The van der Waals surface area contributed by atoms with E-state index in [9.17, 15) is 9.18 Å². The fraction of sp³-hybridized carbons (Fsp3) is 0.333. The third-order valence-electron chi connectivity index (χ3n) is 3.82. The molecule has 0 aliphatic carbocycles. The number of amides is 1. The summed E-state index contributed by atoms with van der Waals surface area (Å²) in [6.45, 7) is 6.41. The molecule has 26 heavy (non-hydrogen) atoms. The minimum absolute atomic E-state index is 0.218. The van der Waals surface area contributed by atoms with Crippen LogP contribution in [0.5, 0.6) is 0 Å². The highest BCUT2D eigenvalue weighted by Gasteiger charge is 2.18. The summed E-state index contributed by atoms with van der Waals surface area (Å²) < 4.78 is 14.2. The molecule has 3 heterocycles. The van der Waals surface area contributed by atoms with Crippen molar-refractivity contribution in [1.29, 1.82) is 0 Å². The Bertz CT molecular complexity index is 942. The molecule has 0 saturated carbocycles. The maximum Gasteiger partial charge on any atom is 0.271 e. The van der Waals surface area contributed by atoms with Gasteiger partial charge in [0.15, 0.2) is 5.69 Å². The molecule has 1 amide bonds. The summed E-state index contributed by atoms with van der Waals surface area (Å²) >= 11 is 1.49. The van der Waals surface area contributed by atoms with Gasteiger partial charge in [0.2, 0.25) is 5.95 Å². The molecule has 0 saturated heterocycles. The van der Waals surface area contributed by atoms with E-state index in [0.29, 0.717) is 23.8 Å². The van der Waals surface area contributed by atoms with E-state index in [1.54, 1.807) is 6.20 Å². The van der Waals surface area contributed by atoms with Crippen molar-refractivity contribution in [2.24, 2.45) is 0 Å². The fourth-order valence-electron chi connectivity index (χ4n) is 2.53. The standard InChI is InChI=1S/C18H20FN5OS/c1-4-5-21-17(25)15-16-14(6-10(2)26-16)23-18(24-15)22-11(3)12-7-13(19)9-20-8-12/h6-9,11H,4-5H2,1-3H3,(H,21,25)(H,22,23,24). The SMILES string of the molecule is CCCNC(=O)c1nc(NC(C)c2cncc(F)c2)nc2cc(C)sc12. The van der Waals surface area contributed by atoms with Gasteiger partial charge in [0.05, 0.1) is 22.5 Å². The first-order valence-corrected chi connectivity index (χ1v) is 9.23. The van der Waals surface area contributed by atoms with Crippen molar-refractivity contribution in [3.8, 4) is 0 Å². The zero-order valence-corrected chi connectivity index (χ0v) is 15.7. The Kier molecular flexibility index (Phi) is 5.41. The summed E-state index contributed by atoms with van der Waals surface area (Å²) in [5.41, 5.74) is 1.75. The quantitative estimate of drug-likeness (QED) is 0.686. The van der Waals surface area contributed by atoms with Gasteiger partial charge >= 0.3 is 0 Å². The zero-order chi connectivity index (χ0) is 18.7. The summed E-state index contributed by atoms with van der Waals surface area (Å²) in [5.74, 6) is -0.293. The molecular formula is C18H20FN5OS. The van der Waals surface area contributed by atoms with Crippen molar-refractivity contribution in [1.82, 2.24) is 20.3 Å². The van der Waals surface area contributed by atoms with Crippen LogP contribution in [0.3, 0.4) is 0 Å². The van der Waals surface area contributed by atoms with E-state index in [0.717, 1.165) is 27.7 Å². The third kappa shape index (κ3) is 3.96. The van der Waals surface area contributed by atoms with E-state index in [1.807, 2.05) is 26.8 Å². The fourth-order valence-corrected chi connectivity index (χ4v) is 3.47. The van der Waals surface area contributed by atoms with Crippen LogP contribution in [0.25, 0.3) is 10.2 Å². The van der Waals surface area contributed by atoms with Gasteiger partial charge in [-0.2, -0.15) is 0 Å². The highest BCUT2D eigenvalue weighted by molar-refractivity contribution is 7.19. The van der Waals surface area contributed by atoms with Crippen LogP contribution in [-0.2, 0) is 0 Å². The number of pyridine rings is 1. The Hall–Kier alpha value is -2.61. The minimum atomic E-state index is -0.402. The first-order valence-electron chi connectivity index (χ1n) is 8.41. The van der Waals surface area contributed by atoms with Crippen LogP contribution < -0.4 is 10.6 Å². The molecule has 0 fully saturated rings. The van der Waals surface area contributed by atoms with Gasteiger partial charge in [-0.15, -0.1) is 11.3 Å². The number of nitrogens with one attached hydrogen (secondary N) is 2. The zero-order valence-electron chi connectivity index (χ0n) is 14.8. The minimum Gasteiger partial charge on any atom is -0.351 e. The second kappa shape index (κ2) is 7.74. The number of hydrogen-bond donors (Lipinski definition) is 2. The molecule has 0 radical (unpaired) electrons. The lowest BCUT2D eigenvalue weighted by Gasteiger charge is -2.15. The van der Waals surface area contributed by atoms with E-state index < -0.39 is 5.82 Å². The van der Waals surface area contributed by atoms with Gasteiger partial charge < -0.3 is 10.6 Å². The molecule has 1 atom stereocenters. The van der Waals surface area contributed by atoms with Crippen LogP contribution in [0.4, 0.5) is 10.3 Å². The average molecular weight is 373 g/mol. The molecule has 2 N–H and O–H groups in total. The molecule has 0 aliphatic heterocycles. The van der Waals surface area contributed by atoms with Crippen molar-refractivity contribution in [2.75, 3.05) is 11.9 Å². The molecule has 0 spiro atoms. The molecular weight excluding hydrogens is 353 g/mol. The number of carbonyl (C=O) groups is 1. The van der Waals surface area contributed by atoms with Gasteiger partial charge in [-0.05, 0) is 38.0 Å². The Labute approximate surface area is 154 Å². The molecule has 0 aromatic carbocycles. The van der Waals surface area contributed by atoms with Gasteiger partial charge in [0, 0.05) is 17.6 Å². The van der Waals surface area contributed by atoms with Crippen LogP contribution in [-0.4, -0.2) is 27.4 Å². The van der Waals surface area contributed by atoms with E-state index in [4.69, 9.17) is 0 Å². The molecule has 8 heteroatoms. The summed E-state index contributed by atoms with van der Waals surface area (Å²) in [6, 6.07) is 3.08. The second-order valence-electron chi connectivity index (χ2n) is 6.03. The van der Waals surface area contributed by atoms with Gasteiger partial charge in [-0.3, -0.25) is 9.78 Å². The lowest BCUT2D eigenvalue weighted by atomic mass is 10.1. The van der Waals surface area contributed by atoms with Crippen molar-refractivity contribution in [3.05, 3.63) is 46.5 Å². The van der Waals surface area contributed by atoms with Gasteiger partial charge in [0.25, 0.3) is 5.91 Å². The second-order valence-corrected chi connectivity index (χ2v) is 7.28. The predicted molar refractivity (Wildman–Crippen MR) is 101 cm³/mol. The number of hydrogen-bond acceptors (Lipinski definition) is 6. The normalized spacial score (nSPS) is 12.2. The molecule has 3 aromatic rings. The molecule has 1 unspecified atom stereocenters. The van der Waals surface area contributed by atoms with E-state index in [2.05, 4.69) is 25.6 Å². The van der Waals surface area contributed by atoms with Crippen molar-refractivity contribution < 1.29 is 9.18 Å². The topological polar surface area (TPSA) is 79.8 Å². The Morgan fingerprint density at radius 1 is 1.31 bits per heavy atom. The number of fused-ring (bicyclic) bond motifs is 1. The molecule has 0 bridgehead atoms. The number of anilines is 1. The monoisotopic (exact) mass is 373 g/mol. The van der Waals surface area contributed by atoms with Gasteiger partial charge in [-0.1, -0.05) is 6.92 Å². The maximum atomic E-state index is 13.4. The van der Waals surface area contributed by atoms with Crippen LogP contribution >= 0.6 is 11.3 Å². The summed E-state index contributed by atoms with van der Waals surface area (Å²) in [7, 11) is 0. The number of rotatable bonds is 6. The van der Waals surface area contributed by atoms with Crippen LogP contribution in [0.2, 0.25) is 0 Å². The van der Waals surface area contributed by atoms with E-state index >= 15 is 0 Å². The van der Waals surface area contributed by atoms with Crippen LogP contribution in [0.1, 0.15) is 47.2 Å². The highest BCUT2D eigenvalue weighted by atomic mass is 32.1. The lowest BCUT2D eigenvalue weighted by Crippen LogP contribution is -2.25. The summed E-state index contributed by atoms with van der Waals surface area (Å²) in [5, 5.41) is 5.99. The lowest BCUT2D eigenvalue weighted by molar-refractivity contribution is 0.0950. The Morgan fingerprint density at radius 2 is 2.12 bits per heavy atom. The first kappa shape index (κ1) is 18.2. The number of thiophene rings is 1. The number of aryl methyl sites for hydroxylation is 1. The highest BCUT2D eigenvalue weighted by Crippen LogP contribution is 2.28. The molecule has 3 aromatic heterocycles. The van der Waals surface area contributed by atoms with E-state index in [1.165, 1.54) is 17.4 Å². The van der Waals surface area contributed by atoms with Crippen LogP contribution in [0, 0.1) is 12.7 Å². The van der Waals surface area contributed by atoms with Crippen LogP contribution in [0.15, 0.2) is 24.5 Å². The summed E-state index contributed by atoms with van der Waals surface area (Å²) in [6.07, 6.45) is 3.59. The molecule has 136 valence electrons. The molecule has 0 aliphatic rings. The van der Waals surface area contributed by atoms with Crippen molar-refractivity contribution in [3.63, 3.8) is 0 Å². The predicted octanol–water partition coefficient (Wildman–Crippen LogP) is 3.85. The number of aromatic nitrogens is 3. The Morgan fingerprint density at radius 3 is 2.85 bits per heavy atom. The number of carbonyl (C=O) groups excluding carboxylic acids is 1. The number of nitrogens with zero attached hydrogens (tertiary/aromatic N) is 3. The van der Waals surface area contributed by atoms with Crippen molar-refractivity contribution >= 4 is 33.4 Å². The van der Waals surface area contributed by atoms with Crippen molar-refractivity contribution in [2.45, 2.75) is 33.2 Å². The molecule has 3 rings (SSSR count). The van der Waals surface area contributed by atoms with Gasteiger partial charge in [-0.25, -0.2) is 14.4 Å². The molecule has 6 nitrogen and oxygen atoms in total. The smallest absolute Gasteiger partial charge is 0.271 e.